The van der Waals surface area contributed by atoms with Crippen molar-refractivity contribution < 1.29 is 22.5 Å². The molecule has 0 aromatic heterocycles. The zero-order valence-corrected chi connectivity index (χ0v) is 9.34. The van der Waals surface area contributed by atoms with Gasteiger partial charge in [0.05, 0.1) is 12.4 Å². The molecule has 0 spiro atoms. The zero-order chi connectivity index (χ0) is 10.3. The quantitative estimate of drug-likeness (QED) is 0.298. The number of esters is 1. The Morgan fingerprint density at radius 1 is 1.36 bits per heavy atom. The van der Waals surface area contributed by atoms with Crippen molar-refractivity contribution in [2.45, 2.75) is 26.2 Å². The van der Waals surface area contributed by atoms with Gasteiger partial charge in [0.1, 0.15) is 0 Å². The Hall–Kier alpha value is -0.0226. The maximum absolute atomic E-state index is 10.6. The summed E-state index contributed by atoms with van der Waals surface area (Å²) in [7, 11) is -3.87. The van der Waals surface area contributed by atoms with Crippen molar-refractivity contribution in [1.82, 2.24) is 0 Å². The van der Waals surface area contributed by atoms with Crippen LogP contribution in [0.25, 0.3) is 0 Å². The fourth-order valence-corrected chi connectivity index (χ4v) is 1.24. The van der Waals surface area contributed by atoms with E-state index in [0.29, 0.717) is 19.3 Å². The van der Waals surface area contributed by atoms with Crippen LogP contribution in [0.15, 0.2) is 0 Å². The molecular weight excluding hydrogens is 203 g/mol. The molecule has 0 aromatic carbocycles. The third kappa shape index (κ3) is 12.0. The number of hydrogen-bond acceptors (Lipinski definition) is 4. The fourth-order valence-electron chi connectivity index (χ4n) is 0.675. The van der Waals surface area contributed by atoms with E-state index in [1.165, 1.54) is 0 Å². The molecule has 0 atom stereocenters. The van der Waals surface area contributed by atoms with E-state index in [-0.39, 0.29) is 37.2 Å². The predicted molar refractivity (Wildman–Crippen MR) is 52.7 cm³/mol. The SMILES string of the molecule is CCC(=O)OCCCCS(=O)(=O)O.[Li]. The molecule has 14 heavy (non-hydrogen) atoms. The summed E-state index contributed by atoms with van der Waals surface area (Å²) in [6, 6.07) is 0. The first-order valence-electron chi connectivity index (χ1n) is 4.06. The minimum atomic E-state index is -3.87. The minimum absolute atomic E-state index is 0. The first-order valence-corrected chi connectivity index (χ1v) is 5.67. The molecule has 0 aromatic rings. The molecule has 1 radical (unpaired) electrons. The van der Waals surface area contributed by atoms with Gasteiger partial charge in [-0.1, -0.05) is 6.92 Å². The summed E-state index contributed by atoms with van der Waals surface area (Å²) in [4.78, 5) is 10.6. The largest absolute Gasteiger partial charge is 0.466 e. The van der Waals surface area contributed by atoms with Gasteiger partial charge < -0.3 is 4.74 Å². The number of rotatable bonds is 6. The molecule has 5 nitrogen and oxygen atoms in total. The molecular formula is C7H14LiO5S. The van der Waals surface area contributed by atoms with Crippen LogP contribution in [0, 0.1) is 0 Å². The topological polar surface area (TPSA) is 80.7 Å². The van der Waals surface area contributed by atoms with E-state index in [0.717, 1.165) is 0 Å². The summed E-state index contributed by atoms with van der Waals surface area (Å²) in [5.41, 5.74) is 0. The maximum atomic E-state index is 10.6. The molecule has 0 unspecified atom stereocenters. The second-order valence-corrected chi connectivity index (χ2v) is 4.14. The van der Waals surface area contributed by atoms with Crippen molar-refractivity contribution in [2.24, 2.45) is 0 Å². The van der Waals surface area contributed by atoms with E-state index in [9.17, 15) is 13.2 Å². The van der Waals surface area contributed by atoms with Gasteiger partial charge in [-0.15, -0.1) is 0 Å². The number of carbonyl (C=O) groups excluding carboxylic acids is 1. The first kappa shape index (κ1) is 16.4. The Bertz CT molecular complexity index is 249. The van der Waals surface area contributed by atoms with Crippen molar-refractivity contribution in [3.8, 4) is 0 Å². The summed E-state index contributed by atoms with van der Waals surface area (Å²) in [5.74, 6) is -0.580. The molecule has 0 saturated heterocycles. The van der Waals surface area contributed by atoms with E-state index >= 15 is 0 Å². The van der Waals surface area contributed by atoms with Crippen LogP contribution in [0.1, 0.15) is 26.2 Å². The monoisotopic (exact) mass is 217 g/mol. The van der Waals surface area contributed by atoms with E-state index in [2.05, 4.69) is 0 Å². The number of unbranched alkanes of at least 4 members (excludes halogenated alkanes) is 1. The van der Waals surface area contributed by atoms with Crippen LogP contribution in [0.3, 0.4) is 0 Å². The minimum Gasteiger partial charge on any atom is -0.466 e. The zero-order valence-electron chi connectivity index (χ0n) is 8.52. The van der Waals surface area contributed by atoms with Crippen molar-refractivity contribution in [2.75, 3.05) is 12.4 Å². The van der Waals surface area contributed by atoms with Crippen molar-refractivity contribution >= 4 is 34.9 Å². The fraction of sp³-hybridized carbons (Fsp3) is 0.857. The summed E-state index contributed by atoms with van der Waals surface area (Å²) >= 11 is 0. The van der Waals surface area contributed by atoms with Crippen LogP contribution in [-0.4, -0.2) is 50.2 Å². The molecule has 0 amide bonds. The van der Waals surface area contributed by atoms with Crippen LogP contribution in [0.4, 0.5) is 0 Å². The second kappa shape index (κ2) is 8.30. The standard InChI is InChI=1S/C7H14O5S.Li/c1-2-7(8)12-5-3-4-6-13(9,10)11;/h2-6H2,1H3,(H,9,10,11);. The normalized spacial score (nSPS) is 10.4. The van der Waals surface area contributed by atoms with Gasteiger partial charge in [-0.05, 0) is 12.8 Å². The van der Waals surface area contributed by atoms with Crippen molar-refractivity contribution in [3.63, 3.8) is 0 Å². The molecule has 0 heterocycles. The van der Waals surface area contributed by atoms with Crippen LogP contribution >= 0.6 is 0 Å². The van der Waals surface area contributed by atoms with Gasteiger partial charge in [0.2, 0.25) is 0 Å². The summed E-state index contributed by atoms with van der Waals surface area (Å²) in [6.45, 7) is 1.89. The third-order valence-electron chi connectivity index (χ3n) is 1.35. The van der Waals surface area contributed by atoms with E-state index in [1.54, 1.807) is 6.92 Å². The molecule has 0 bridgehead atoms. The Kier molecular flexibility index (Phi) is 9.73. The Balaban J connectivity index is 0. The molecule has 7 heteroatoms. The summed E-state index contributed by atoms with van der Waals surface area (Å²) in [6.07, 6.45) is 1.07. The molecule has 0 aliphatic heterocycles. The molecule has 0 rings (SSSR count). The average molecular weight is 217 g/mol. The van der Waals surface area contributed by atoms with E-state index in [1.807, 2.05) is 0 Å². The second-order valence-electron chi connectivity index (χ2n) is 2.57. The van der Waals surface area contributed by atoms with Gasteiger partial charge in [0.25, 0.3) is 10.1 Å². The number of carbonyl (C=O) groups is 1. The molecule has 0 fully saturated rings. The first-order chi connectivity index (χ1) is 5.95. The van der Waals surface area contributed by atoms with E-state index < -0.39 is 10.1 Å². The number of ether oxygens (including phenoxy) is 1. The molecule has 1 N–H and O–H groups in total. The van der Waals surface area contributed by atoms with Gasteiger partial charge in [0.15, 0.2) is 0 Å². The predicted octanol–water partition coefficient (Wildman–Crippen LogP) is 0.227. The van der Waals surface area contributed by atoms with Crippen LogP contribution in [0.2, 0.25) is 0 Å². The molecule has 0 saturated carbocycles. The van der Waals surface area contributed by atoms with Crippen LogP contribution < -0.4 is 0 Å². The smallest absolute Gasteiger partial charge is 0.305 e. The Morgan fingerprint density at radius 2 is 1.93 bits per heavy atom. The van der Waals surface area contributed by atoms with Gasteiger partial charge in [0, 0.05) is 25.3 Å². The average Bonchev–Trinajstić information content (AvgIpc) is 2.01. The molecule has 0 aliphatic rings. The van der Waals surface area contributed by atoms with E-state index in [4.69, 9.17) is 9.29 Å². The molecule has 79 valence electrons. The third-order valence-corrected chi connectivity index (χ3v) is 2.15. The van der Waals surface area contributed by atoms with Gasteiger partial charge in [-0.25, -0.2) is 0 Å². The Morgan fingerprint density at radius 3 is 2.36 bits per heavy atom. The maximum Gasteiger partial charge on any atom is 0.305 e. The summed E-state index contributed by atoms with van der Waals surface area (Å²) in [5, 5.41) is 0. The van der Waals surface area contributed by atoms with Gasteiger partial charge >= 0.3 is 5.97 Å². The van der Waals surface area contributed by atoms with Crippen LogP contribution in [-0.2, 0) is 19.6 Å². The van der Waals surface area contributed by atoms with Gasteiger partial charge in [-0.2, -0.15) is 8.42 Å². The van der Waals surface area contributed by atoms with Crippen molar-refractivity contribution in [3.05, 3.63) is 0 Å². The number of hydrogen-bond donors (Lipinski definition) is 1. The Labute approximate surface area is 96.1 Å². The molecule has 0 aliphatic carbocycles. The van der Waals surface area contributed by atoms with Gasteiger partial charge in [-0.3, -0.25) is 9.35 Å². The van der Waals surface area contributed by atoms with Crippen LogP contribution in [0.5, 0.6) is 0 Å². The van der Waals surface area contributed by atoms with Crippen molar-refractivity contribution in [1.29, 1.82) is 0 Å². The summed E-state index contributed by atoms with van der Waals surface area (Å²) < 4.78 is 33.5.